The number of anilines is 1. The first-order valence-electron chi connectivity index (χ1n) is 6.19. The van der Waals surface area contributed by atoms with Gasteiger partial charge in [0.25, 0.3) is 0 Å². The van der Waals surface area contributed by atoms with Crippen LogP contribution in [0, 0.1) is 19.8 Å². The maximum absolute atomic E-state index is 12.0. The lowest BCUT2D eigenvalue weighted by atomic mass is 10.0. The van der Waals surface area contributed by atoms with Gasteiger partial charge in [0, 0.05) is 18.2 Å². The molecule has 4 heteroatoms. The summed E-state index contributed by atoms with van der Waals surface area (Å²) in [5, 5.41) is 0. The largest absolute Gasteiger partial charge is 0.462 e. The molecule has 1 heterocycles. The average Bonchev–Trinajstić information content (AvgIpc) is 2.83. The third-order valence-corrected chi connectivity index (χ3v) is 3.23. The lowest BCUT2D eigenvalue weighted by molar-refractivity contribution is 0.0429. The molecule has 1 fully saturated rings. The molecule has 0 saturated carbocycles. The van der Waals surface area contributed by atoms with Gasteiger partial charge in [0.05, 0.1) is 18.8 Å². The molecule has 4 nitrogen and oxygen atoms in total. The van der Waals surface area contributed by atoms with Crippen LogP contribution in [0.1, 0.15) is 27.9 Å². The molecule has 1 aliphatic heterocycles. The Bertz CT molecular complexity index is 451. The normalized spacial score (nSPS) is 18.9. The average molecular weight is 249 g/mol. The predicted octanol–water partition coefficient (Wildman–Crippen LogP) is 2.08. The summed E-state index contributed by atoms with van der Waals surface area (Å²) >= 11 is 0. The predicted molar refractivity (Wildman–Crippen MR) is 69.5 cm³/mol. The van der Waals surface area contributed by atoms with Crippen molar-refractivity contribution in [1.82, 2.24) is 0 Å². The van der Waals surface area contributed by atoms with Crippen molar-refractivity contribution in [3.8, 4) is 0 Å². The van der Waals surface area contributed by atoms with Gasteiger partial charge in [-0.15, -0.1) is 0 Å². The van der Waals surface area contributed by atoms with Crippen molar-refractivity contribution in [2.75, 3.05) is 25.6 Å². The monoisotopic (exact) mass is 249 g/mol. The number of carbonyl (C=O) groups is 1. The maximum atomic E-state index is 12.0. The molecule has 98 valence electrons. The minimum atomic E-state index is -0.341. The van der Waals surface area contributed by atoms with Crippen molar-refractivity contribution < 1.29 is 14.3 Å². The Morgan fingerprint density at radius 1 is 1.50 bits per heavy atom. The number of rotatable bonds is 3. The number of ether oxygens (including phenoxy) is 2. The van der Waals surface area contributed by atoms with E-state index in [-0.39, 0.29) is 5.97 Å². The van der Waals surface area contributed by atoms with Crippen LogP contribution in [0.15, 0.2) is 12.1 Å². The molecule has 0 aliphatic carbocycles. The molecule has 1 aliphatic rings. The lowest BCUT2D eigenvalue weighted by Gasteiger charge is -2.12. The van der Waals surface area contributed by atoms with Crippen molar-refractivity contribution in [3.63, 3.8) is 0 Å². The molecule has 0 amide bonds. The summed E-state index contributed by atoms with van der Waals surface area (Å²) in [6.45, 7) is 5.67. The fraction of sp³-hybridized carbons (Fsp3) is 0.500. The van der Waals surface area contributed by atoms with Crippen LogP contribution in [0.2, 0.25) is 0 Å². The highest BCUT2D eigenvalue weighted by Gasteiger charge is 2.19. The number of carbonyl (C=O) groups excluding carboxylic acids is 1. The summed E-state index contributed by atoms with van der Waals surface area (Å²) < 4.78 is 10.5. The van der Waals surface area contributed by atoms with E-state index in [0.29, 0.717) is 30.4 Å². The van der Waals surface area contributed by atoms with E-state index in [1.54, 1.807) is 6.07 Å². The Morgan fingerprint density at radius 3 is 2.94 bits per heavy atom. The highest BCUT2D eigenvalue weighted by molar-refractivity contribution is 5.96. The van der Waals surface area contributed by atoms with Crippen LogP contribution in [0.3, 0.4) is 0 Å². The van der Waals surface area contributed by atoms with Crippen molar-refractivity contribution >= 4 is 11.7 Å². The van der Waals surface area contributed by atoms with Crippen molar-refractivity contribution in [3.05, 3.63) is 28.8 Å². The number of nitrogens with two attached hydrogens (primary N) is 1. The van der Waals surface area contributed by atoms with Gasteiger partial charge in [0.1, 0.15) is 0 Å². The highest BCUT2D eigenvalue weighted by Crippen LogP contribution is 2.21. The molecule has 0 bridgehead atoms. The summed E-state index contributed by atoms with van der Waals surface area (Å²) in [7, 11) is 0. The number of hydrogen-bond donors (Lipinski definition) is 1. The second-order valence-corrected chi connectivity index (χ2v) is 4.87. The zero-order valence-electron chi connectivity index (χ0n) is 10.9. The molecule has 1 aromatic carbocycles. The highest BCUT2D eigenvalue weighted by atomic mass is 16.5. The van der Waals surface area contributed by atoms with Gasteiger partial charge >= 0.3 is 5.97 Å². The molecule has 1 unspecified atom stereocenters. The first kappa shape index (κ1) is 12.9. The van der Waals surface area contributed by atoms with Gasteiger partial charge in [-0.25, -0.2) is 4.79 Å². The number of benzene rings is 1. The number of nitrogen functional groups attached to an aromatic ring is 1. The quantitative estimate of drug-likeness (QED) is 0.658. The van der Waals surface area contributed by atoms with Crippen LogP contribution < -0.4 is 5.73 Å². The van der Waals surface area contributed by atoms with Crippen molar-refractivity contribution in [1.29, 1.82) is 0 Å². The molecular weight excluding hydrogens is 230 g/mol. The van der Waals surface area contributed by atoms with Crippen LogP contribution in [-0.2, 0) is 9.47 Å². The van der Waals surface area contributed by atoms with Crippen LogP contribution in [0.4, 0.5) is 5.69 Å². The van der Waals surface area contributed by atoms with Crippen LogP contribution in [0.5, 0.6) is 0 Å². The Hall–Kier alpha value is -1.55. The SMILES string of the molecule is Cc1cc(C)c(N)c(C(=O)OCC2CCOC2)c1. The minimum Gasteiger partial charge on any atom is -0.462 e. The second kappa shape index (κ2) is 5.40. The molecule has 1 saturated heterocycles. The third-order valence-electron chi connectivity index (χ3n) is 3.23. The summed E-state index contributed by atoms with van der Waals surface area (Å²) in [6.07, 6.45) is 0.954. The Morgan fingerprint density at radius 2 is 2.28 bits per heavy atom. The first-order chi connectivity index (χ1) is 8.58. The second-order valence-electron chi connectivity index (χ2n) is 4.87. The standard InChI is InChI=1S/C14H19NO3/c1-9-5-10(2)13(15)12(6-9)14(16)18-8-11-3-4-17-7-11/h5-6,11H,3-4,7-8,15H2,1-2H3. The summed E-state index contributed by atoms with van der Waals surface area (Å²) in [5.74, 6) is -0.0210. The number of esters is 1. The summed E-state index contributed by atoms with van der Waals surface area (Å²) in [6, 6.07) is 3.73. The fourth-order valence-electron chi connectivity index (χ4n) is 2.13. The lowest BCUT2D eigenvalue weighted by Crippen LogP contribution is -2.16. The molecule has 0 spiro atoms. The maximum Gasteiger partial charge on any atom is 0.340 e. The Labute approximate surface area is 107 Å². The van der Waals surface area contributed by atoms with E-state index < -0.39 is 0 Å². The van der Waals surface area contributed by atoms with E-state index in [2.05, 4.69) is 0 Å². The summed E-state index contributed by atoms with van der Waals surface area (Å²) in [5.41, 5.74) is 8.80. The van der Waals surface area contributed by atoms with Gasteiger partial charge in [-0.1, -0.05) is 6.07 Å². The number of aryl methyl sites for hydroxylation is 2. The zero-order chi connectivity index (χ0) is 13.1. The van der Waals surface area contributed by atoms with Crippen molar-refractivity contribution in [2.24, 2.45) is 5.92 Å². The van der Waals surface area contributed by atoms with Gasteiger partial charge < -0.3 is 15.2 Å². The molecule has 0 aromatic heterocycles. The van der Waals surface area contributed by atoms with E-state index in [4.69, 9.17) is 15.2 Å². The topological polar surface area (TPSA) is 61.6 Å². The van der Waals surface area contributed by atoms with E-state index in [9.17, 15) is 4.79 Å². The molecule has 0 radical (unpaired) electrons. The Kier molecular flexibility index (Phi) is 3.87. The molecule has 18 heavy (non-hydrogen) atoms. The van der Waals surface area contributed by atoms with Gasteiger partial charge in [-0.05, 0) is 37.5 Å². The fourth-order valence-corrected chi connectivity index (χ4v) is 2.13. The first-order valence-corrected chi connectivity index (χ1v) is 6.19. The molecule has 1 atom stereocenters. The van der Waals surface area contributed by atoms with Gasteiger partial charge in [-0.2, -0.15) is 0 Å². The van der Waals surface area contributed by atoms with Gasteiger partial charge in [-0.3, -0.25) is 0 Å². The van der Waals surface area contributed by atoms with Crippen LogP contribution >= 0.6 is 0 Å². The van der Waals surface area contributed by atoms with E-state index in [1.807, 2.05) is 19.9 Å². The van der Waals surface area contributed by atoms with E-state index in [1.165, 1.54) is 0 Å². The van der Waals surface area contributed by atoms with Gasteiger partial charge in [0.15, 0.2) is 0 Å². The van der Waals surface area contributed by atoms with Crippen molar-refractivity contribution in [2.45, 2.75) is 20.3 Å². The number of hydrogen-bond acceptors (Lipinski definition) is 4. The van der Waals surface area contributed by atoms with Gasteiger partial charge in [0.2, 0.25) is 0 Å². The van der Waals surface area contributed by atoms with Crippen LogP contribution in [0.25, 0.3) is 0 Å². The van der Waals surface area contributed by atoms with E-state index >= 15 is 0 Å². The van der Waals surface area contributed by atoms with Crippen LogP contribution in [-0.4, -0.2) is 25.8 Å². The summed E-state index contributed by atoms with van der Waals surface area (Å²) in [4.78, 5) is 12.0. The molecule has 2 N–H and O–H groups in total. The molecule has 2 rings (SSSR count). The molecule has 1 aromatic rings. The zero-order valence-corrected chi connectivity index (χ0v) is 10.9. The third kappa shape index (κ3) is 2.82. The van der Waals surface area contributed by atoms with E-state index in [0.717, 1.165) is 24.2 Å². The molecular formula is C14H19NO3. The Balaban J connectivity index is 2.04. The smallest absolute Gasteiger partial charge is 0.340 e. The minimum absolute atomic E-state index is 0.320.